The maximum Gasteiger partial charge on any atom is 0.257 e. The normalized spacial score (nSPS) is 21.2. The molecule has 0 aliphatic carbocycles. The molecule has 1 amide bonds. The van der Waals surface area contributed by atoms with Gasteiger partial charge in [0.2, 0.25) is 0 Å². The number of nitrogens with zero attached hydrogens (tertiary/aromatic N) is 1. The van der Waals surface area contributed by atoms with E-state index in [1.54, 1.807) is 42.5 Å². The highest BCUT2D eigenvalue weighted by Gasteiger charge is 2.54. The van der Waals surface area contributed by atoms with E-state index in [9.17, 15) is 9.90 Å². The molecule has 39 heavy (non-hydrogen) atoms. The Hall–Kier alpha value is -2.00. The minimum atomic E-state index is -1.57. The number of rotatable bonds is 7. The lowest BCUT2D eigenvalue weighted by molar-refractivity contribution is -0.0884. The molecule has 0 saturated carbocycles. The van der Waals surface area contributed by atoms with Gasteiger partial charge < -0.3 is 14.6 Å². The molecule has 0 bridgehead atoms. The average Bonchev–Trinajstić information content (AvgIpc) is 3.19. The number of ether oxygens (including phenoxy) is 2. The van der Waals surface area contributed by atoms with Crippen LogP contribution in [0.5, 0.6) is 0 Å². The van der Waals surface area contributed by atoms with E-state index in [2.05, 4.69) is 15.9 Å². The van der Waals surface area contributed by atoms with E-state index in [0.29, 0.717) is 58.1 Å². The molecule has 206 valence electrons. The molecule has 0 aromatic heterocycles. The van der Waals surface area contributed by atoms with Crippen molar-refractivity contribution >= 4 is 45.0 Å². The first-order valence-electron chi connectivity index (χ1n) is 12.9. The summed E-state index contributed by atoms with van der Waals surface area (Å²) in [5.74, 6) is -1.14. The fraction of sp³-hybridized carbons (Fsp3) is 0.367. The Morgan fingerprint density at radius 1 is 1.13 bits per heavy atom. The number of carbonyl (C=O) groups excluding carboxylic acids is 1. The van der Waals surface area contributed by atoms with E-state index >= 15 is 4.39 Å². The van der Waals surface area contributed by atoms with Crippen LogP contribution in [0.1, 0.15) is 58.8 Å². The summed E-state index contributed by atoms with van der Waals surface area (Å²) in [6, 6.07) is 15.1. The molecule has 3 aromatic carbocycles. The Labute approximate surface area is 245 Å². The topological polar surface area (TPSA) is 59.0 Å². The number of methoxy groups -OCH3 is 1. The first kappa shape index (κ1) is 28.5. The highest BCUT2D eigenvalue weighted by molar-refractivity contribution is 9.10. The molecule has 1 saturated heterocycles. The molecule has 3 aromatic rings. The van der Waals surface area contributed by atoms with E-state index in [0.717, 1.165) is 5.56 Å². The van der Waals surface area contributed by atoms with E-state index in [1.807, 2.05) is 13.0 Å². The van der Waals surface area contributed by atoms with Gasteiger partial charge in [0.25, 0.3) is 5.91 Å². The van der Waals surface area contributed by atoms with Crippen LogP contribution in [0.25, 0.3) is 0 Å². The van der Waals surface area contributed by atoms with Crippen LogP contribution in [0.3, 0.4) is 0 Å². The summed E-state index contributed by atoms with van der Waals surface area (Å²) in [6.45, 7) is 3.05. The Morgan fingerprint density at radius 3 is 2.41 bits per heavy atom. The molecule has 5 nitrogen and oxygen atoms in total. The smallest absolute Gasteiger partial charge is 0.257 e. The van der Waals surface area contributed by atoms with Crippen LogP contribution in [0, 0.1) is 11.7 Å². The van der Waals surface area contributed by atoms with Gasteiger partial charge in [0.05, 0.1) is 23.3 Å². The van der Waals surface area contributed by atoms with Crippen molar-refractivity contribution in [1.82, 2.24) is 4.90 Å². The third kappa shape index (κ3) is 4.81. The number of halogens is 4. The fourth-order valence-electron chi connectivity index (χ4n) is 6.01. The highest BCUT2D eigenvalue weighted by atomic mass is 79.9. The highest BCUT2D eigenvalue weighted by Crippen LogP contribution is 2.49. The number of carbonyl (C=O) groups is 1. The van der Waals surface area contributed by atoms with Crippen LogP contribution in [-0.4, -0.2) is 36.2 Å². The molecule has 2 aliphatic rings. The number of amides is 1. The molecule has 0 spiro atoms. The van der Waals surface area contributed by atoms with Crippen LogP contribution < -0.4 is 0 Å². The van der Waals surface area contributed by atoms with Gasteiger partial charge in [-0.15, -0.1) is 0 Å². The second-order valence-corrected chi connectivity index (χ2v) is 11.8. The quantitative estimate of drug-likeness (QED) is 0.293. The standard InChI is InChI=1S/C30H29BrCl2FNO4/c1-3-29(37,19-10-12-39-13-11-19)21-14-24-27(26(34)15-21)30(38-2,20-5-8-22(32)9-6-20)35(28(24)36)17-18-4-7-23(33)16-25(18)31/h4-9,14-16,19,37H,3,10-13,17H2,1-2H3/t29-,30?/m0/s1. The maximum absolute atomic E-state index is 16.4. The fourth-order valence-corrected chi connectivity index (χ4v) is 6.94. The summed E-state index contributed by atoms with van der Waals surface area (Å²) in [4.78, 5) is 15.7. The molecule has 0 radical (unpaired) electrons. The van der Waals surface area contributed by atoms with Gasteiger partial charge >= 0.3 is 0 Å². The number of benzene rings is 3. The largest absolute Gasteiger partial charge is 0.385 e. The zero-order valence-electron chi connectivity index (χ0n) is 21.6. The predicted octanol–water partition coefficient (Wildman–Crippen LogP) is 7.42. The maximum atomic E-state index is 16.4. The molecule has 2 aliphatic heterocycles. The lowest BCUT2D eigenvalue weighted by atomic mass is 9.74. The summed E-state index contributed by atoms with van der Waals surface area (Å²) in [7, 11) is 1.46. The van der Waals surface area contributed by atoms with Crippen LogP contribution in [-0.2, 0) is 27.3 Å². The number of fused-ring (bicyclic) bond motifs is 1. The van der Waals surface area contributed by atoms with Crippen molar-refractivity contribution < 1.29 is 23.8 Å². The van der Waals surface area contributed by atoms with Gasteiger partial charge in [-0.1, -0.05) is 64.3 Å². The molecule has 1 fully saturated rings. The van der Waals surface area contributed by atoms with Crippen molar-refractivity contribution in [3.63, 3.8) is 0 Å². The van der Waals surface area contributed by atoms with Gasteiger partial charge in [-0.05, 0) is 72.7 Å². The third-order valence-corrected chi connectivity index (χ3v) is 9.32. The van der Waals surface area contributed by atoms with Gasteiger partial charge in [0.1, 0.15) is 5.82 Å². The van der Waals surface area contributed by atoms with Gasteiger partial charge in [0, 0.05) is 40.4 Å². The second kappa shape index (κ2) is 11.1. The summed E-state index contributed by atoms with van der Waals surface area (Å²) in [6.07, 6.45) is 1.68. The predicted molar refractivity (Wildman–Crippen MR) is 152 cm³/mol. The SMILES string of the molecule is CC[C@@](O)(c1cc(F)c2c(c1)C(=O)N(Cc1ccc(Cl)cc1Br)C2(OC)c1ccc(Cl)cc1)C1CCOCC1. The van der Waals surface area contributed by atoms with Crippen molar-refractivity contribution in [2.24, 2.45) is 5.92 Å². The van der Waals surface area contributed by atoms with E-state index < -0.39 is 23.1 Å². The first-order chi connectivity index (χ1) is 18.7. The lowest BCUT2D eigenvalue weighted by Crippen LogP contribution is -2.46. The van der Waals surface area contributed by atoms with Crippen molar-refractivity contribution in [3.8, 4) is 0 Å². The van der Waals surface area contributed by atoms with E-state index in [1.165, 1.54) is 18.1 Å². The number of hydrogen-bond donors (Lipinski definition) is 1. The summed E-state index contributed by atoms with van der Waals surface area (Å²) < 4.78 is 28.7. The molecular weight excluding hydrogens is 608 g/mol. The molecule has 1 unspecified atom stereocenters. The Morgan fingerprint density at radius 2 is 1.79 bits per heavy atom. The van der Waals surface area contributed by atoms with Crippen molar-refractivity contribution in [1.29, 1.82) is 0 Å². The zero-order chi connectivity index (χ0) is 27.9. The van der Waals surface area contributed by atoms with Gasteiger partial charge in [0.15, 0.2) is 5.72 Å². The molecule has 2 heterocycles. The summed E-state index contributed by atoms with van der Waals surface area (Å²) in [5, 5.41) is 12.9. The Bertz CT molecular complexity index is 1400. The first-order valence-corrected chi connectivity index (χ1v) is 14.4. The second-order valence-electron chi connectivity index (χ2n) is 10.0. The Kier molecular flexibility index (Phi) is 8.13. The van der Waals surface area contributed by atoms with Crippen molar-refractivity contribution in [2.45, 2.75) is 44.1 Å². The van der Waals surface area contributed by atoms with Gasteiger partial charge in [-0.2, -0.15) is 0 Å². The summed E-state index contributed by atoms with van der Waals surface area (Å²) in [5.41, 5.74) is -0.902. The zero-order valence-corrected chi connectivity index (χ0v) is 24.7. The molecule has 2 atom stereocenters. The minimum Gasteiger partial charge on any atom is -0.385 e. The molecule has 5 rings (SSSR count). The van der Waals surface area contributed by atoms with Gasteiger partial charge in [-0.3, -0.25) is 9.69 Å². The lowest BCUT2D eigenvalue weighted by Gasteiger charge is -2.39. The number of hydrogen-bond acceptors (Lipinski definition) is 4. The monoisotopic (exact) mass is 635 g/mol. The van der Waals surface area contributed by atoms with E-state index in [-0.39, 0.29) is 23.6 Å². The van der Waals surface area contributed by atoms with E-state index in [4.69, 9.17) is 32.7 Å². The number of aliphatic hydroxyl groups is 1. The molecule has 1 N–H and O–H groups in total. The Balaban J connectivity index is 1.70. The van der Waals surface area contributed by atoms with Gasteiger partial charge in [-0.25, -0.2) is 4.39 Å². The average molecular weight is 637 g/mol. The third-order valence-electron chi connectivity index (χ3n) is 8.09. The van der Waals surface area contributed by atoms with Crippen LogP contribution in [0.4, 0.5) is 4.39 Å². The van der Waals surface area contributed by atoms with Crippen LogP contribution >= 0.6 is 39.1 Å². The minimum absolute atomic E-state index is 0.106. The van der Waals surface area contributed by atoms with Crippen LogP contribution in [0.2, 0.25) is 10.0 Å². The molecule has 9 heteroatoms. The summed E-state index contributed by atoms with van der Waals surface area (Å²) >= 11 is 15.9. The van der Waals surface area contributed by atoms with Crippen LogP contribution in [0.15, 0.2) is 59.1 Å². The van der Waals surface area contributed by atoms with Crippen molar-refractivity contribution in [2.75, 3.05) is 20.3 Å². The van der Waals surface area contributed by atoms with Crippen molar-refractivity contribution in [3.05, 3.63) is 103 Å². The molecular formula is C30H29BrCl2FNO4.